The number of amides is 1. The van der Waals surface area contributed by atoms with E-state index in [2.05, 4.69) is 12.1 Å². The van der Waals surface area contributed by atoms with E-state index in [1.54, 1.807) is 40.2 Å². The lowest BCUT2D eigenvalue weighted by molar-refractivity contribution is -0.134. The van der Waals surface area contributed by atoms with Crippen LogP contribution >= 0.6 is 22.7 Å². The van der Waals surface area contributed by atoms with Gasteiger partial charge >= 0.3 is 0 Å². The fraction of sp³-hybridized carbons (Fsp3) is 0.217. The molecule has 0 saturated heterocycles. The van der Waals surface area contributed by atoms with Gasteiger partial charge in [-0.3, -0.25) is 9.69 Å². The van der Waals surface area contributed by atoms with Crippen molar-refractivity contribution in [2.45, 2.75) is 25.6 Å². The minimum atomic E-state index is -0.0707. The van der Waals surface area contributed by atoms with E-state index in [4.69, 9.17) is 13.9 Å². The Morgan fingerprint density at radius 2 is 1.71 bits per heavy atom. The fourth-order valence-electron chi connectivity index (χ4n) is 3.71. The smallest absolute Gasteiger partial charge is 0.257 e. The molecule has 1 amide bonds. The number of hydrogen-bond donors (Lipinski definition) is 0. The number of hydrazone groups is 1. The zero-order valence-corrected chi connectivity index (χ0v) is 18.3. The SMILES string of the molecule is O=C(CN(Cc1ccco1)Cc1ccco1)N1N=C(c2cccs2)CC1c1cccs1. The molecule has 0 fully saturated rings. The van der Waals surface area contributed by atoms with Gasteiger partial charge in [-0.15, -0.1) is 22.7 Å². The van der Waals surface area contributed by atoms with Gasteiger partial charge in [-0.1, -0.05) is 12.1 Å². The summed E-state index contributed by atoms with van der Waals surface area (Å²) in [6, 6.07) is 15.6. The Balaban J connectivity index is 1.38. The van der Waals surface area contributed by atoms with Crippen LogP contribution in [0.4, 0.5) is 0 Å². The lowest BCUT2D eigenvalue weighted by Crippen LogP contribution is -2.37. The second-order valence-electron chi connectivity index (χ2n) is 7.30. The maximum atomic E-state index is 13.5. The number of thiophene rings is 2. The van der Waals surface area contributed by atoms with Gasteiger partial charge in [-0.2, -0.15) is 5.10 Å². The van der Waals surface area contributed by atoms with E-state index in [0.717, 1.165) is 33.4 Å². The molecule has 6 nitrogen and oxygen atoms in total. The van der Waals surface area contributed by atoms with Gasteiger partial charge in [0.1, 0.15) is 11.5 Å². The van der Waals surface area contributed by atoms with Gasteiger partial charge in [0.15, 0.2) is 0 Å². The molecule has 158 valence electrons. The molecule has 4 aromatic heterocycles. The quantitative estimate of drug-likeness (QED) is 0.361. The Kier molecular flexibility index (Phi) is 5.84. The van der Waals surface area contributed by atoms with Crippen molar-refractivity contribution in [3.8, 4) is 0 Å². The normalized spacial score (nSPS) is 16.2. The summed E-state index contributed by atoms with van der Waals surface area (Å²) in [7, 11) is 0. The first-order valence-corrected chi connectivity index (χ1v) is 11.8. The first kappa shape index (κ1) is 20.0. The van der Waals surface area contributed by atoms with Gasteiger partial charge < -0.3 is 8.83 Å². The van der Waals surface area contributed by atoms with Crippen molar-refractivity contribution in [1.82, 2.24) is 9.91 Å². The molecule has 1 unspecified atom stereocenters. The molecule has 0 bridgehead atoms. The molecule has 4 aromatic rings. The molecule has 8 heteroatoms. The second-order valence-corrected chi connectivity index (χ2v) is 9.23. The summed E-state index contributed by atoms with van der Waals surface area (Å²) in [4.78, 5) is 17.7. The third kappa shape index (κ3) is 4.56. The van der Waals surface area contributed by atoms with E-state index in [9.17, 15) is 4.79 Å². The summed E-state index contributed by atoms with van der Waals surface area (Å²) >= 11 is 3.31. The van der Waals surface area contributed by atoms with Crippen molar-refractivity contribution in [3.63, 3.8) is 0 Å². The molecule has 0 spiro atoms. The molecule has 1 atom stereocenters. The average Bonchev–Trinajstić information content (AvgIpc) is 3.59. The molecule has 0 radical (unpaired) electrons. The summed E-state index contributed by atoms with van der Waals surface area (Å²) in [6.45, 7) is 1.24. The highest BCUT2D eigenvalue weighted by molar-refractivity contribution is 7.12. The minimum Gasteiger partial charge on any atom is -0.468 e. The van der Waals surface area contributed by atoms with Crippen LogP contribution in [0, 0.1) is 0 Å². The van der Waals surface area contributed by atoms with Gasteiger partial charge in [0, 0.05) is 11.3 Å². The summed E-state index contributed by atoms with van der Waals surface area (Å²) in [6.07, 6.45) is 4.02. The lowest BCUT2D eigenvalue weighted by Gasteiger charge is -2.25. The molecule has 0 N–H and O–H groups in total. The largest absolute Gasteiger partial charge is 0.468 e. The highest BCUT2D eigenvalue weighted by atomic mass is 32.1. The Labute approximate surface area is 188 Å². The lowest BCUT2D eigenvalue weighted by atomic mass is 10.1. The van der Waals surface area contributed by atoms with E-state index in [0.29, 0.717) is 13.1 Å². The summed E-state index contributed by atoms with van der Waals surface area (Å²) in [5.74, 6) is 1.57. The van der Waals surface area contributed by atoms with E-state index in [1.165, 1.54) is 0 Å². The van der Waals surface area contributed by atoms with Gasteiger partial charge in [0.05, 0.1) is 48.8 Å². The minimum absolute atomic E-state index is 0.0388. The van der Waals surface area contributed by atoms with Crippen LogP contribution in [0.2, 0.25) is 0 Å². The van der Waals surface area contributed by atoms with E-state index in [-0.39, 0.29) is 18.5 Å². The molecule has 5 heterocycles. The Hall–Kier alpha value is -2.94. The van der Waals surface area contributed by atoms with Crippen molar-refractivity contribution in [1.29, 1.82) is 0 Å². The third-order valence-electron chi connectivity index (χ3n) is 5.12. The Bertz CT molecular complexity index is 1080. The predicted molar refractivity (Wildman–Crippen MR) is 121 cm³/mol. The summed E-state index contributed by atoms with van der Waals surface area (Å²) < 4.78 is 11.0. The highest BCUT2D eigenvalue weighted by Crippen LogP contribution is 2.36. The number of carbonyl (C=O) groups excluding carboxylic acids is 1. The highest BCUT2D eigenvalue weighted by Gasteiger charge is 2.34. The molecule has 0 aromatic carbocycles. The first-order chi connectivity index (χ1) is 15.3. The maximum Gasteiger partial charge on any atom is 0.257 e. The van der Waals surface area contributed by atoms with E-state index >= 15 is 0 Å². The van der Waals surface area contributed by atoms with Crippen LogP contribution in [-0.2, 0) is 17.9 Å². The van der Waals surface area contributed by atoms with Crippen LogP contribution in [0.25, 0.3) is 0 Å². The summed E-state index contributed by atoms with van der Waals surface area (Å²) in [5.41, 5.74) is 0.963. The Morgan fingerprint density at radius 3 is 2.29 bits per heavy atom. The van der Waals surface area contributed by atoms with Crippen LogP contribution in [0.1, 0.15) is 33.7 Å². The van der Waals surface area contributed by atoms with Crippen LogP contribution < -0.4 is 0 Å². The molecule has 5 rings (SSSR count). The van der Waals surface area contributed by atoms with E-state index < -0.39 is 0 Å². The molecular formula is C23H21N3O3S2. The molecule has 1 aliphatic rings. The van der Waals surface area contributed by atoms with Gasteiger partial charge in [-0.25, -0.2) is 5.01 Å². The van der Waals surface area contributed by atoms with E-state index in [1.807, 2.05) is 52.1 Å². The van der Waals surface area contributed by atoms with Crippen molar-refractivity contribution in [2.75, 3.05) is 6.54 Å². The standard InChI is InChI=1S/C23H21N3O3S2/c27-23(16-25(14-17-5-1-9-28-17)15-18-6-2-10-29-18)26-20(22-8-4-12-31-22)13-19(24-26)21-7-3-11-30-21/h1-12,20H,13-16H2. The fourth-order valence-corrected chi connectivity index (χ4v) is 5.24. The van der Waals surface area contributed by atoms with Gasteiger partial charge in [0.2, 0.25) is 0 Å². The average molecular weight is 452 g/mol. The molecular weight excluding hydrogens is 430 g/mol. The Morgan fingerprint density at radius 1 is 1.00 bits per heavy atom. The van der Waals surface area contributed by atoms with Gasteiger partial charge in [-0.05, 0) is 47.2 Å². The maximum absolute atomic E-state index is 13.5. The number of rotatable bonds is 8. The zero-order chi connectivity index (χ0) is 21.0. The molecule has 1 aliphatic heterocycles. The number of nitrogens with zero attached hydrogens (tertiary/aromatic N) is 3. The van der Waals surface area contributed by atoms with Crippen molar-refractivity contribution in [3.05, 3.63) is 93.1 Å². The van der Waals surface area contributed by atoms with Crippen LogP contribution in [-0.4, -0.2) is 28.1 Å². The van der Waals surface area contributed by atoms with Crippen LogP contribution in [0.5, 0.6) is 0 Å². The molecule has 0 saturated carbocycles. The number of hydrogen-bond acceptors (Lipinski definition) is 7. The van der Waals surface area contributed by atoms with Crippen LogP contribution in [0.15, 0.2) is 85.8 Å². The van der Waals surface area contributed by atoms with Crippen molar-refractivity contribution in [2.24, 2.45) is 5.10 Å². The van der Waals surface area contributed by atoms with Crippen molar-refractivity contribution < 1.29 is 13.6 Å². The predicted octanol–water partition coefficient (Wildman–Crippen LogP) is 5.38. The van der Waals surface area contributed by atoms with Gasteiger partial charge in [0.25, 0.3) is 5.91 Å². The topological polar surface area (TPSA) is 62.2 Å². The first-order valence-electron chi connectivity index (χ1n) is 10.0. The number of furan rings is 2. The third-order valence-corrected chi connectivity index (χ3v) is 7.01. The molecule has 0 aliphatic carbocycles. The monoisotopic (exact) mass is 451 g/mol. The zero-order valence-electron chi connectivity index (χ0n) is 16.7. The van der Waals surface area contributed by atoms with Crippen molar-refractivity contribution >= 4 is 34.3 Å². The molecule has 31 heavy (non-hydrogen) atoms. The van der Waals surface area contributed by atoms with Crippen LogP contribution in [0.3, 0.4) is 0 Å². The summed E-state index contributed by atoms with van der Waals surface area (Å²) in [5, 5.41) is 10.5. The second kappa shape index (κ2) is 9.05. The number of carbonyl (C=O) groups is 1.